The van der Waals surface area contributed by atoms with Crippen molar-refractivity contribution in [1.82, 2.24) is 0 Å². The second-order valence-corrected chi connectivity index (χ2v) is 6.59. The number of fused-ring (bicyclic) bond motifs is 1. The molecule has 1 aliphatic rings. The van der Waals surface area contributed by atoms with Gasteiger partial charge in [-0.2, -0.15) is 0 Å². The van der Waals surface area contributed by atoms with Gasteiger partial charge in [0, 0.05) is 35.7 Å². The molecule has 1 aromatic heterocycles. The predicted molar refractivity (Wildman–Crippen MR) is 99.8 cm³/mol. The van der Waals surface area contributed by atoms with E-state index in [0.717, 1.165) is 16.8 Å². The molecule has 7 nitrogen and oxygen atoms in total. The number of rotatable bonds is 4. The zero-order valence-corrected chi connectivity index (χ0v) is 15.3. The van der Waals surface area contributed by atoms with Crippen LogP contribution in [0.1, 0.15) is 28.3 Å². The van der Waals surface area contributed by atoms with Crippen LogP contribution in [0.2, 0.25) is 0 Å². The number of hydrogen-bond acceptors (Lipinski definition) is 5. The molecule has 3 N–H and O–H groups in total. The highest BCUT2D eigenvalue weighted by molar-refractivity contribution is 7.10. The number of carbonyl (C=O) groups excluding carboxylic acids is 2. The van der Waals surface area contributed by atoms with Gasteiger partial charge in [-0.25, -0.2) is 0 Å². The van der Waals surface area contributed by atoms with Crippen LogP contribution in [-0.2, 0) is 19.1 Å². The van der Waals surface area contributed by atoms with Crippen LogP contribution in [0.15, 0.2) is 29.6 Å². The molecule has 0 saturated heterocycles. The summed E-state index contributed by atoms with van der Waals surface area (Å²) < 4.78 is 4.83. The van der Waals surface area contributed by atoms with Crippen molar-refractivity contribution in [3.8, 4) is 0 Å². The molecule has 0 spiro atoms. The summed E-state index contributed by atoms with van der Waals surface area (Å²) in [4.78, 5) is 33.4. The number of hydrogen-bond donors (Lipinski definition) is 3. The number of anilines is 2. The summed E-state index contributed by atoms with van der Waals surface area (Å²) in [5.41, 5.74) is 3.45. The molecule has 8 heteroatoms. The number of ether oxygens (including phenoxy) is 1. The molecule has 1 atom stereocenters. The van der Waals surface area contributed by atoms with Gasteiger partial charge in [0.15, 0.2) is 0 Å². The lowest BCUT2D eigenvalue weighted by Gasteiger charge is -2.27. The number of carbonyl (C=O) groups is 3. The van der Waals surface area contributed by atoms with Crippen LogP contribution in [0, 0.1) is 6.92 Å². The standard InChI is InChI=1S/C17H18N2O3S.CH2O2/c1-10-13(18-16(21)9-22-2)6-5-11-12(14-4-3-7-23-14)8-15(20)19-17(10)11;2-1-3/h3-7,12H,8-9H2,1-2H3,(H,18,21)(H,19,20);1H,(H,2,3). The van der Waals surface area contributed by atoms with Crippen LogP contribution >= 0.6 is 11.3 Å². The first-order chi connectivity index (χ1) is 12.5. The Balaban J connectivity index is 0.000000758. The molecule has 3 rings (SSSR count). The van der Waals surface area contributed by atoms with Gasteiger partial charge in [-0.1, -0.05) is 12.1 Å². The molecule has 1 aromatic carbocycles. The summed E-state index contributed by atoms with van der Waals surface area (Å²) in [7, 11) is 1.48. The van der Waals surface area contributed by atoms with E-state index < -0.39 is 0 Å². The van der Waals surface area contributed by atoms with Gasteiger partial charge < -0.3 is 20.5 Å². The molecule has 138 valence electrons. The molecule has 0 bridgehead atoms. The number of methoxy groups -OCH3 is 1. The molecule has 2 aromatic rings. The second-order valence-electron chi connectivity index (χ2n) is 5.61. The third kappa shape index (κ3) is 4.47. The fourth-order valence-corrected chi connectivity index (χ4v) is 3.72. The highest BCUT2D eigenvalue weighted by Gasteiger charge is 2.29. The Labute approximate surface area is 155 Å². The monoisotopic (exact) mass is 376 g/mol. The van der Waals surface area contributed by atoms with E-state index >= 15 is 0 Å². The normalized spacial score (nSPS) is 15.2. The van der Waals surface area contributed by atoms with E-state index in [9.17, 15) is 9.59 Å². The summed E-state index contributed by atoms with van der Waals surface area (Å²) in [6.45, 7) is 1.65. The smallest absolute Gasteiger partial charge is 0.290 e. The number of nitrogens with one attached hydrogen (secondary N) is 2. The van der Waals surface area contributed by atoms with Crippen molar-refractivity contribution in [2.24, 2.45) is 0 Å². The predicted octanol–water partition coefficient (Wildman–Crippen LogP) is 2.82. The number of benzene rings is 1. The van der Waals surface area contributed by atoms with Gasteiger partial charge in [-0.15, -0.1) is 11.3 Å². The number of carboxylic acid groups (broad SMARTS) is 1. The molecular weight excluding hydrogens is 356 g/mol. The Kier molecular flexibility index (Phi) is 6.88. The van der Waals surface area contributed by atoms with E-state index in [1.807, 2.05) is 30.5 Å². The molecule has 0 saturated carbocycles. The Morgan fingerprint density at radius 1 is 1.46 bits per heavy atom. The van der Waals surface area contributed by atoms with Gasteiger partial charge in [0.25, 0.3) is 6.47 Å². The van der Waals surface area contributed by atoms with Crippen molar-refractivity contribution in [2.75, 3.05) is 24.4 Å². The summed E-state index contributed by atoms with van der Waals surface area (Å²) in [5.74, 6) is -0.145. The summed E-state index contributed by atoms with van der Waals surface area (Å²) >= 11 is 1.66. The fraction of sp³-hybridized carbons (Fsp3) is 0.278. The highest BCUT2D eigenvalue weighted by Crippen LogP contribution is 2.42. The van der Waals surface area contributed by atoms with Crippen LogP contribution in [0.5, 0.6) is 0 Å². The SMILES string of the molecule is COCC(=O)Nc1ccc2c(c1C)NC(=O)CC2c1cccs1.O=CO. The minimum absolute atomic E-state index is 0.000585. The summed E-state index contributed by atoms with van der Waals surface area (Å²) in [5, 5.41) is 14.7. The maximum atomic E-state index is 12.1. The van der Waals surface area contributed by atoms with Crippen LogP contribution < -0.4 is 10.6 Å². The lowest BCUT2D eigenvalue weighted by molar-refractivity contribution is -0.123. The molecule has 1 aliphatic heterocycles. The molecule has 26 heavy (non-hydrogen) atoms. The quantitative estimate of drug-likeness (QED) is 0.712. The van der Waals surface area contributed by atoms with E-state index in [1.165, 1.54) is 12.0 Å². The molecule has 2 heterocycles. The topological polar surface area (TPSA) is 105 Å². The van der Waals surface area contributed by atoms with E-state index in [4.69, 9.17) is 14.6 Å². The van der Waals surface area contributed by atoms with Crippen molar-refractivity contribution in [3.63, 3.8) is 0 Å². The highest BCUT2D eigenvalue weighted by atomic mass is 32.1. The van der Waals surface area contributed by atoms with Crippen LogP contribution in [0.4, 0.5) is 11.4 Å². The first kappa shape index (κ1) is 19.6. The summed E-state index contributed by atoms with van der Waals surface area (Å²) in [6.07, 6.45) is 0.447. The molecular formula is C18H20N2O5S. The Morgan fingerprint density at radius 3 is 2.81 bits per heavy atom. The van der Waals surface area contributed by atoms with Gasteiger partial charge in [0.1, 0.15) is 6.61 Å². The lowest BCUT2D eigenvalue weighted by Crippen LogP contribution is -2.25. The molecule has 0 aliphatic carbocycles. The maximum absolute atomic E-state index is 12.1. The number of thiophene rings is 1. The fourth-order valence-electron chi connectivity index (χ4n) is 2.87. The Morgan fingerprint density at radius 2 is 2.19 bits per heavy atom. The second kappa shape index (κ2) is 9.12. The van der Waals surface area contributed by atoms with Crippen molar-refractivity contribution in [3.05, 3.63) is 45.6 Å². The van der Waals surface area contributed by atoms with Crippen molar-refractivity contribution in [2.45, 2.75) is 19.3 Å². The minimum atomic E-state index is -0.250. The number of amides is 2. The van der Waals surface area contributed by atoms with Gasteiger partial charge in [0.05, 0.1) is 0 Å². The lowest BCUT2D eigenvalue weighted by atomic mass is 9.87. The third-order valence-corrected chi connectivity index (χ3v) is 4.95. The third-order valence-electron chi connectivity index (χ3n) is 3.96. The first-order valence-electron chi connectivity index (χ1n) is 7.85. The van der Waals surface area contributed by atoms with Gasteiger partial charge >= 0.3 is 0 Å². The van der Waals surface area contributed by atoms with Gasteiger partial charge in [-0.05, 0) is 35.6 Å². The Hall–Kier alpha value is -2.71. The zero-order valence-electron chi connectivity index (χ0n) is 14.4. The van der Waals surface area contributed by atoms with Crippen molar-refractivity contribution >= 4 is 41.0 Å². The zero-order chi connectivity index (χ0) is 19.1. The van der Waals surface area contributed by atoms with E-state index in [-0.39, 0.29) is 30.8 Å². The molecule has 0 radical (unpaired) electrons. The molecule has 1 unspecified atom stereocenters. The molecule has 2 amide bonds. The maximum Gasteiger partial charge on any atom is 0.290 e. The van der Waals surface area contributed by atoms with Crippen LogP contribution in [-0.4, -0.2) is 37.1 Å². The average Bonchev–Trinajstić information content (AvgIpc) is 3.12. The van der Waals surface area contributed by atoms with Crippen LogP contribution in [0.25, 0.3) is 0 Å². The first-order valence-corrected chi connectivity index (χ1v) is 8.73. The summed E-state index contributed by atoms with van der Waals surface area (Å²) in [6, 6.07) is 7.92. The van der Waals surface area contributed by atoms with Crippen molar-refractivity contribution < 1.29 is 24.2 Å². The van der Waals surface area contributed by atoms with E-state index in [2.05, 4.69) is 16.7 Å². The average molecular weight is 376 g/mol. The molecule has 0 fully saturated rings. The van der Waals surface area contributed by atoms with E-state index in [0.29, 0.717) is 12.1 Å². The van der Waals surface area contributed by atoms with Crippen molar-refractivity contribution in [1.29, 1.82) is 0 Å². The van der Waals surface area contributed by atoms with Crippen LogP contribution in [0.3, 0.4) is 0 Å². The van der Waals surface area contributed by atoms with Gasteiger partial charge in [-0.3, -0.25) is 14.4 Å². The largest absolute Gasteiger partial charge is 0.483 e. The minimum Gasteiger partial charge on any atom is -0.483 e. The van der Waals surface area contributed by atoms with Gasteiger partial charge in [0.2, 0.25) is 11.8 Å². The Bertz CT molecular complexity index is 789. The van der Waals surface area contributed by atoms with E-state index in [1.54, 1.807) is 11.3 Å².